The standard InChI is InChI=1S/C20H28ClN3O2S/c1-14-2-3-16(12-18(14)21)23-20(26)19(25)22-13-15-4-8-24(9-5-15)17-6-10-27-11-7-17/h2-3,12,15,17H,4-11,13H2,1H3,(H,22,25)(H,23,26). The Bertz CT molecular complexity index is 671. The molecule has 2 saturated heterocycles. The first kappa shape index (κ1) is 20.5. The lowest BCUT2D eigenvalue weighted by Gasteiger charge is -2.39. The average Bonchev–Trinajstić information content (AvgIpc) is 2.70. The summed E-state index contributed by atoms with van der Waals surface area (Å²) in [5.74, 6) is 1.78. The minimum atomic E-state index is -0.646. The van der Waals surface area contributed by atoms with Crippen molar-refractivity contribution >= 4 is 40.9 Å². The quantitative estimate of drug-likeness (QED) is 0.749. The molecule has 5 nitrogen and oxygen atoms in total. The molecule has 1 aromatic rings. The summed E-state index contributed by atoms with van der Waals surface area (Å²) in [5, 5.41) is 5.96. The summed E-state index contributed by atoms with van der Waals surface area (Å²) in [6.45, 7) is 4.66. The molecule has 0 aliphatic carbocycles. The lowest BCUT2D eigenvalue weighted by molar-refractivity contribution is -0.136. The van der Waals surface area contributed by atoms with E-state index in [0.29, 0.717) is 23.2 Å². The van der Waals surface area contributed by atoms with E-state index in [1.54, 1.807) is 12.1 Å². The van der Waals surface area contributed by atoms with E-state index in [1.807, 2.05) is 13.0 Å². The van der Waals surface area contributed by atoms with Gasteiger partial charge in [-0.3, -0.25) is 9.59 Å². The van der Waals surface area contributed by atoms with Gasteiger partial charge in [0, 0.05) is 23.3 Å². The van der Waals surface area contributed by atoms with Crippen LogP contribution in [0.3, 0.4) is 0 Å². The van der Waals surface area contributed by atoms with Crippen LogP contribution in [0.2, 0.25) is 5.02 Å². The molecular formula is C20H28ClN3O2S. The largest absolute Gasteiger partial charge is 0.348 e. The SMILES string of the molecule is Cc1ccc(NC(=O)C(=O)NCC2CCN(C3CCSCC3)CC2)cc1Cl. The summed E-state index contributed by atoms with van der Waals surface area (Å²) in [7, 11) is 0. The van der Waals surface area contributed by atoms with Crippen molar-refractivity contribution in [2.45, 2.75) is 38.6 Å². The minimum Gasteiger partial charge on any atom is -0.348 e. The van der Waals surface area contributed by atoms with Crippen LogP contribution in [0.25, 0.3) is 0 Å². The molecule has 148 valence electrons. The zero-order chi connectivity index (χ0) is 19.2. The van der Waals surface area contributed by atoms with Gasteiger partial charge in [0.15, 0.2) is 0 Å². The van der Waals surface area contributed by atoms with Gasteiger partial charge in [0.2, 0.25) is 0 Å². The number of nitrogens with one attached hydrogen (secondary N) is 2. The summed E-state index contributed by atoms with van der Waals surface area (Å²) >= 11 is 8.11. The second-order valence-electron chi connectivity index (χ2n) is 7.45. The minimum absolute atomic E-state index is 0.449. The van der Waals surface area contributed by atoms with Crippen molar-refractivity contribution in [1.82, 2.24) is 10.2 Å². The van der Waals surface area contributed by atoms with Crippen LogP contribution in [0.5, 0.6) is 0 Å². The molecule has 0 atom stereocenters. The second-order valence-corrected chi connectivity index (χ2v) is 9.08. The first-order valence-electron chi connectivity index (χ1n) is 9.70. The van der Waals surface area contributed by atoms with E-state index in [-0.39, 0.29) is 0 Å². The van der Waals surface area contributed by atoms with Gasteiger partial charge in [-0.25, -0.2) is 0 Å². The molecule has 2 N–H and O–H groups in total. The highest BCUT2D eigenvalue weighted by molar-refractivity contribution is 7.99. The van der Waals surface area contributed by atoms with Crippen molar-refractivity contribution in [3.8, 4) is 0 Å². The van der Waals surface area contributed by atoms with Crippen LogP contribution in [-0.4, -0.2) is 53.9 Å². The van der Waals surface area contributed by atoms with Crippen LogP contribution in [0, 0.1) is 12.8 Å². The van der Waals surface area contributed by atoms with Gasteiger partial charge in [-0.2, -0.15) is 11.8 Å². The molecule has 7 heteroatoms. The molecule has 0 unspecified atom stereocenters. The van der Waals surface area contributed by atoms with Crippen LogP contribution in [-0.2, 0) is 9.59 Å². The molecule has 2 aliphatic rings. The number of carbonyl (C=O) groups excluding carboxylic acids is 2. The van der Waals surface area contributed by atoms with Crippen LogP contribution in [0.4, 0.5) is 5.69 Å². The van der Waals surface area contributed by atoms with E-state index >= 15 is 0 Å². The number of aryl methyl sites for hydroxylation is 1. The third-order valence-electron chi connectivity index (χ3n) is 5.54. The molecule has 1 aromatic carbocycles. The fraction of sp³-hybridized carbons (Fsp3) is 0.600. The van der Waals surface area contributed by atoms with Gasteiger partial charge in [-0.15, -0.1) is 0 Å². The number of rotatable bonds is 4. The summed E-state index contributed by atoms with van der Waals surface area (Å²) in [4.78, 5) is 26.8. The summed E-state index contributed by atoms with van der Waals surface area (Å²) in [6.07, 6.45) is 4.77. The fourth-order valence-electron chi connectivity index (χ4n) is 3.75. The summed E-state index contributed by atoms with van der Waals surface area (Å²) in [6, 6.07) is 5.95. The second kappa shape index (κ2) is 9.80. The van der Waals surface area contributed by atoms with Crippen LogP contribution in [0.1, 0.15) is 31.2 Å². The number of carbonyl (C=O) groups is 2. The third kappa shape index (κ3) is 5.87. The first-order chi connectivity index (χ1) is 13.0. The fourth-order valence-corrected chi connectivity index (χ4v) is 5.01. The summed E-state index contributed by atoms with van der Waals surface area (Å²) in [5.41, 5.74) is 1.46. The maximum Gasteiger partial charge on any atom is 0.313 e. The Morgan fingerprint density at radius 3 is 2.52 bits per heavy atom. The Kier molecular flexibility index (Phi) is 7.44. The van der Waals surface area contributed by atoms with Gasteiger partial charge >= 0.3 is 11.8 Å². The summed E-state index contributed by atoms with van der Waals surface area (Å²) < 4.78 is 0. The number of likely N-dealkylation sites (tertiary alicyclic amines) is 1. The zero-order valence-corrected chi connectivity index (χ0v) is 17.4. The van der Waals surface area contributed by atoms with Gasteiger partial charge < -0.3 is 15.5 Å². The molecule has 2 aliphatic heterocycles. The molecule has 2 fully saturated rings. The molecule has 0 radical (unpaired) electrons. The van der Waals surface area contributed by atoms with Crippen LogP contribution >= 0.6 is 23.4 Å². The maximum absolute atomic E-state index is 12.1. The molecule has 0 spiro atoms. The average molecular weight is 410 g/mol. The lowest BCUT2D eigenvalue weighted by atomic mass is 9.94. The van der Waals surface area contributed by atoms with Crippen molar-refractivity contribution in [2.24, 2.45) is 5.92 Å². The van der Waals surface area contributed by atoms with E-state index in [2.05, 4.69) is 27.3 Å². The molecule has 2 heterocycles. The van der Waals surface area contributed by atoms with E-state index in [9.17, 15) is 9.59 Å². The molecule has 0 bridgehead atoms. The number of anilines is 1. The molecular weight excluding hydrogens is 382 g/mol. The Morgan fingerprint density at radius 2 is 1.85 bits per heavy atom. The first-order valence-corrected chi connectivity index (χ1v) is 11.2. The Morgan fingerprint density at radius 1 is 1.15 bits per heavy atom. The van der Waals surface area contributed by atoms with Gasteiger partial charge in [-0.05, 0) is 80.8 Å². The highest BCUT2D eigenvalue weighted by Crippen LogP contribution is 2.26. The highest BCUT2D eigenvalue weighted by atomic mass is 35.5. The predicted molar refractivity (Wildman–Crippen MR) is 112 cm³/mol. The van der Waals surface area contributed by atoms with Gasteiger partial charge in [-0.1, -0.05) is 17.7 Å². The lowest BCUT2D eigenvalue weighted by Crippen LogP contribution is -2.45. The molecule has 0 aromatic heterocycles. The zero-order valence-electron chi connectivity index (χ0n) is 15.8. The number of benzene rings is 1. The van der Waals surface area contributed by atoms with E-state index in [4.69, 9.17) is 11.6 Å². The number of nitrogens with zero attached hydrogens (tertiary/aromatic N) is 1. The Balaban J connectivity index is 1.38. The smallest absolute Gasteiger partial charge is 0.313 e. The molecule has 2 amide bonds. The number of amides is 2. The van der Waals surface area contributed by atoms with Crippen molar-refractivity contribution < 1.29 is 9.59 Å². The number of thioether (sulfide) groups is 1. The number of hydrogen-bond acceptors (Lipinski definition) is 4. The van der Waals surface area contributed by atoms with Crippen molar-refractivity contribution in [3.63, 3.8) is 0 Å². The molecule has 0 saturated carbocycles. The number of piperidine rings is 1. The normalized spacial score (nSPS) is 19.6. The number of halogens is 1. The molecule has 27 heavy (non-hydrogen) atoms. The third-order valence-corrected chi connectivity index (χ3v) is 7.00. The van der Waals surface area contributed by atoms with Gasteiger partial charge in [0.1, 0.15) is 0 Å². The van der Waals surface area contributed by atoms with Gasteiger partial charge in [0.25, 0.3) is 0 Å². The van der Waals surface area contributed by atoms with E-state index in [0.717, 1.165) is 37.5 Å². The Labute approximate surface area is 170 Å². The van der Waals surface area contributed by atoms with E-state index < -0.39 is 11.8 Å². The van der Waals surface area contributed by atoms with Crippen molar-refractivity contribution in [1.29, 1.82) is 0 Å². The topological polar surface area (TPSA) is 61.4 Å². The van der Waals surface area contributed by atoms with Crippen LogP contribution < -0.4 is 10.6 Å². The van der Waals surface area contributed by atoms with Crippen molar-refractivity contribution in [3.05, 3.63) is 28.8 Å². The predicted octanol–water partition coefficient (Wildman–Crippen LogP) is 3.31. The van der Waals surface area contributed by atoms with Gasteiger partial charge in [0.05, 0.1) is 0 Å². The number of hydrogen-bond donors (Lipinski definition) is 2. The monoisotopic (exact) mass is 409 g/mol. The Hall–Kier alpha value is -1.24. The highest BCUT2D eigenvalue weighted by Gasteiger charge is 2.26. The van der Waals surface area contributed by atoms with E-state index in [1.165, 1.54) is 24.3 Å². The molecule has 3 rings (SSSR count). The van der Waals surface area contributed by atoms with Crippen molar-refractivity contribution in [2.75, 3.05) is 36.5 Å². The van der Waals surface area contributed by atoms with Crippen LogP contribution in [0.15, 0.2) is 18.2 Å². The maximum atomic E-state index is 12.1.